The van der Waals surface area contributed by atoms with E-state index in [0.717, 1.165) is 9.80 Å². The highest BCUT2D eigenvalue weighted by molar-refractivity contribution is 6.32. The Bertz CT molecular complexity index is 799. The van der Waals surface area contributed by atoms with Crippen molar-refractivity contribution in [2.45, 2.75) is 31.4 Å². The molecule has 0 unspecified atom stereocenters. The summed E-state index contributed by atoms with van der Waals surface area (Å²) < 4.78 is 82.2. The van der Waals surface area contributed by atoms with E-state index >= 15 is 0 Å². The highest BCUT2D eigenvalue weighted by atomic mass is 19.4. The summed E-state index contributed by atoms with van der Waals surface area (Å²) in [7, 11) is 0. The van der Waals surface area contributed by atoms with Crippen LogP contribution < -0.4 is 0 Å². The van der Waals surface area contributed by atoms with E-state index < -0.39 is 55.6 Å². The van der Waals surface area contributed by atoms with Crippen molar-refractivity contribution in [2.75, 3.05) is 26.3 Å². The lowest BCUT2D eigenvalue weighted by Gasteiger charge is -2.44. The summed E-state index contributed by atoms with van der Waals surface area (Å²) >= 11 is 0. The molecule has 1 aromatic rings. The van der Waals surface area contributed by atoms with Gasteiger partial charge in [0, 0.05) is 19.1 Å². The smallest absolute Gasteiger partial charge is 0.422 e. The quantitative estimate of drug-likeness (QED) is 0.397. The van der Waals surface area contributed by atoms with Gasteiger partial charge in [0.1, 0.15) is 0 Å². The second-order valence-electron chi connectivity index (χ2n) is 6.75. The number of ether oxygens (including phenoxy) is 2. The maximum atomic E-state index is 12.5. The van der Waals surface area contributed by atoms with Crippen LogP contribution in [0.25, 0.3) is 0 Å². The van der Waals surface area contributed by atoms with Crippen molar-refractivity contribution < 1.29 is 50.2 Å². The minimum atomic E-state index is -4.83. The maximum absolute atomic E-state index is 12.5. The van der Waals surface area contributed by atoms with Gasteiger partial charge in [0.15, 0.2) is 13.2 Å². The van der Waals surface area contributed by atoms with Crippen molar-refractivity contribution in [3.05, 3.63) is 35.9 Å². The molecule has 0 aliphatic carbocycles. The molecule has 0 aromatic heterocycles. The fourth-order valence-corrected chi connectivity index (χ4v) is 2.97. The Labute approximate surface area is 172 Å². The van der Waals surface area contributed by atoms with E-state index in [9.17, 15) is 40.7 Å². The summed E-state index contributed by atoms with van der Waals surface area (Å²) in [5.41, 5.74) is 0.403. The molecule has 1 heterocycles. The van der Waals surface area contributed by atoms with Crippen LogP contribution in [0.15, 0.2) is 30.3 Å². The summed E-state index contributed by atoms with van der Waals surface area (Å²) in [6.45, 7) is -3.07. The normalized spacial score (nSPS) is 19.7. The van der Waals surface area contributed by atoms with Crippen LogP contribution in [0.2, 0.25) is 0 Å². The number of benzene rings is 1. The Balaban J connectivity index is 2.22. The van der Waals surface area contributed by atoms with E-state index in [4.69, 9.17) is 0 Å². The zero-order valence-corrected chi connectivity index (χ0v) is 16.1. The van der Waals surface area contributed by atoms with Crippen LogP contribution in [0.5, 0.6) is 0 Å². The van der Waals surface area contributed by atoms with Gasteiger partial charge in [-0.1, -0.05) is 30.3 Å². The lowest BCUT2D eigenvalue weighted by molar-refractivity contribution is -0.190. The fourth-order valence-electron chi connectivity index (χ4n) is 2.97. The van der Waals surface area contributed by atoms with E-state index in [2.05, 4.69) is 9.47 Å². The highest BCUT2D eigenvalue weighted by Gasteiger charge is 2.42. The number of esters is 1. The molecule has 31 heavy (non-hydrogen) atoms. The molecule has 2 atom stereocenters. The topological polar surface area (TPSA) is 76.2 Å². The van der Waals surface area contributed by atoms with E-state index in [1.54, 1.807) is 18.2 Å². The van der Waals surface area contributed by atoms with Crippen molar-refractivity contribution in [1.82, 2.24) is 9.80 Å². The summed E-state index contributed by atoms with van der Waals surface area (Å²) in [6.07, 6.45) is -10.8. The molecular weight excluding hydrogens is 438 g/mol. The number of nitrogens with zero attached hydrogens (tertiary/aromatic N) is 2. The average Bonchev–Trinajstić information content (AvgIpc) is 2.69. The average molecular weight is 456 g/mol. The molecular formula is C18H18F6N2O5. The molecule has 1 fully saturated rings. The Morgan fingerprint density at radius 1 is 0.903 bits per heavy atom. The first-order valence-electron chi connectivity index (χ1n) is 8.88. The van der Waals surface area contributed by atoms with E-state index in [1.807, 2.05) is 0 Å². The number of carbonyl (C=O) groups excluding carboxylic acids is 3. The number of alkyl halides is 6. The molecule has 0 N–H and O–H groups in total. The molecule has 2 rings (SSSR count). The van der Waals surface area contributed by atoms with Gasteiger partial charge in [-0.15, -0.1) is 0 Å². The highest BCUT2D eigenvalue weighted by Crippen LogP contribution is 2.29. The van der Waals surface area contributed by atoms with Crippen LogP contribution in [-0.4, -0.2) is 72.5 Å². The summed E-state index contributed by atoms with van der Waals surface area (Å²) in [4.78, 5) is 38.4. The lowest BCUT2D eigenvalue weighted by Crippen LogP contribution is -2.58. The number of carbonyl (C=O) groups is 3. The number of halogens is 6. The first-order valence-corrected chi connectivity index (χ1v) is 8.88. The van der Waals surface area contributed by atoms with Gasteiger partial charge in [-0.3, -0.25) is 4.79 Å². The second kappa shape index (κ2) is 9.43. The van der Waals surface area contributed by atoms with Crippen molar-refractivity contribution in [1.29, 1.82) is 0 Å². The van der Waals surface area contributed by atoms with Crippen LogP contribution in [-0.2, 0) is 19.1 Å². The molecule has 1 aliphatic heterocycles. The standard InChI is InChI=1S/C18H18F6N2O5/c1-11-7-26(14(27)15(28)30-9-17(19,20)21)13(12-5-3-2-4-6-12)8-25(11)16(29)31-10-18(22,23)24/h2-6,11,13H,7-10H2,1H3/t11-,13-/m1/s1. The molecule has 2 amide bonds. The van der Waals surface area contributed by atoms with Crippen LogP contribution >= 0.6 is 0 Å². The molecule has 1 saturated heterocycles. The van der Waals surface area contributed by atoms with Crippen LogP contribution in [0, 0.1) is 0 Å². The largest absolute Gasteiger partial charge is 0.449 e. The maximum Gasteiger partial charge on any atom is 0.422 e. The van der Waals surface area contributed by atoms with Gasteiger partial charge in [-0.05, 0) is 12.5 Å². The molecule has 0 saturated carbocycles. The Morgan fingerprint density at radius 3 is 2.00 bits per heavy atom. The Morgan fingerprint density at radius 2 is 1.45 bits per heavy atom. The molecule has 0 spiro atoms. The molecule has 13 heteroatoms. The third-order valence-electron chi connectivity index (χ3n) is 4.32. The van der Waals surface area contributed by atoms with E-state index in [0.29, 0.717) is 5.56 Å². The van der Waals surface area contributed by atoms with Crippen LogP contribution in [0.4, 0.5) is 31.1 Å². The lowest BCUT2D eigenvalue weighted by atomic mass is 10.00. The van der Waals surface area contributed by atoms with Gasteiger partial charge in [0.2, 0.25) is 0 Å². The van der Waals surface area contributed by atoms with E-state index in [1.165, 1.54) is 19.1 Å². The third-order valence-corrected chi connectivity index (χ3v) is 4.32. The van der Waals surface area contributed by atoms with Crippen molar-refractivity contribution in [2.24, 2.45) is 0 Å². The van der Waals surface area contributed by atoms with Crippen LogP contribution in [0.1, 0.15) is 18.5 Å². The van der Waals surface area contributed by atoms with E-state index in [-0.39, 0.29) is 13.1 Å². The Hall–Kier alpha value is -2.99. The second-order valence-corrected chi connectivity index (χ2v) is 6.75. The number of amides is 2. The summed E-state index contributed by atoms with van der Waals surface area (Å²) in [5.74, 6) is -3.10. The zero-order chi connectivity index (χ0) is 23.4. The van der Waals surface area contributed by atoms with Crippen molar-refractivity contribution in [3.8, 4) is 0 Å². The molecule has 1 aliphatic rings. The third kappa shape index (κ3) is 7.03. The Kier molecular flexibility index (Phi) is 7.39. The van der Waals surface area contributed by atoms with Gasteiger partial charge >= 0.3 is 30.3 Å². The van der Waals surface area contributed by atoms with Crippen molar-refractivity contribution in [3.63, 3.8) is 0 Å². The first-order chi connectivity index (χ1) is 14.3. The predicted octanol–water partition coefficient (Wildman–Crippen LogP) is 3.06. The molecule has 1 aromatic carbocycles. The number of hydrogen-bond donors (Lipinski definition) is 0. The van der Waals surface area contributed by atoms with Gasteiger partial charge in [0.05, 0.1) is 6.04 Å². The van der Waals surface area contributed by atoms with Crippen LogP contribution in [0.3, 0.4) is 0 Å². The van der Waals surface area contributed by atoms with Crippen molar-refractivity contribution >= 4 is 18.0 Å². The first kappa shape index (κ1) is 24.3. The van der Waals surface area contributed by atoms with Gasteiger partial charge < -0.3 is 19.3 Å². The summed E-state index contributed by atoms with van der Waals surface area (Å²) in [6, 6.07) is 5.92. The minimum Gasteiger partial charge on any atom is -0.449 e. The SMILES string of the molecule is C[C@@H]1CN(C(=O)C(=O)OCC(F)(F)F)[C@@H](c2ccccc2)CN1C(=O)OCC(F)(F)F. The molecule has 7 nitrogen and oxygen atoms in total. The number of hydrogen-bond acceptors (Lipinski definition) is 5. The van der Waals surface area contributed by atoms with Gasteiger partial charge in [-0.2, -0.15) is 26.3 Å². The monoisotopic (exact) mass is 456 g/mol. The molecule has 0 radical (unpaired) electrons. The molecule has 172 valence electrons. The minimum absolute atomic E-state index is 0.347. The number of rotatable bonds is 3. The van der Waals surface area contributed by atoms with Gasteiger partial charge in [-0.25, -0.2) is 9.59 Å². The fraction of sp³-hybridized carbons (Fsp3) is 0.500. The van der Waals surface area contributed by atoms with Gasteiger partial charge in [0.25, 0.3) is 0 Å². The number of piperazine rings is 1. The summed E-state index contributed by atoms with van der Waals surface area (Å²) in [5, 5.41) is 0. The predicted molar refractivity (Wildman–Crippen MR) is 91.5 cm³/mol. The molecule has 0 bridgehead atoms. The zero-order valence-electron chi connectivity index (χ0n) is 16.1.